The van der Waals surface area contributed by atoms with Crippen molar-refractivity contribution in [1.82, 2.24) is 0 Å². The Bertz CT molecular complexity index is 643. The van der Waals surface area contributed by atoms with E-state index in [0.29, 0.717) is 0 Å². The first-order valence-electron chi connectivity index (χ1n) is 5.72. The van der Waals surface area contributed by atoms with Crippen molar-refractivity contribution in [2.45, 2.75) is 30.5 Å². The molecular formula is C11H13F3N2O4S. The van der Waals surface area contributed by atoms with E-state index < -0.39 is 39.1 Å². The van der Waals surface area contributed by atoms with Crippen LogP contribution >= 0.6 is 0 Å². The summed E-state index contributed by atoms with van der Waals surface area (Å²) in [5.74, 6) is 0. The van der Waals surface area contributed by atoms with Crippen LogP contribution in [0.5, 0.6) is 0 Å². The molecule has 0 aliphatic carbocycles. The second-order valence-corrected chi connectivity index (χ2v) is 6.59. The van der Waals surface area contributed by atoms with Gasteiger partial charge in [-0.25, -0.2) is 8.42 Å². The zero-order valence-corrected chi connectivity index (χ0v) is 12.0. The number of benzene rings is 1. The van der Waals surface area contributed by atoms with Gasteiger partial charge < -0.3 is 5.32 Å². The molecule has 0 aliphatic rings. The lowest BCUT2D eigenvalue weighted by molar-refractivity contribution is -0.384. The number of nitro groups is 1. The number of sulfone groups is 1. The van der Waals surface area contributed by atoms with Gasteiger partial charge in [-0.15, -0.1) is 0 Å². The molecule has 118 valence electrons. The van der Waals surface area contributed by atoms with Gasteiger partial charge in [0.2, 0.25) is 0 Å². The Morgan fingerprint density at radius 3 is 2.38 bits per heavy atom. The molecule has 0 fully saturated rings. The molecule has 0 saturated carbocycles. The minimum atomic E-state index is -4.41. The van der Waals surface area contributed by atoms with Crippen molar-refractivity contribution in [1.29, 1.82) is 0 Å². The molecule has 0 aromatic heterocycles. The van der Waals surface area contributed by atoms with Crippen LogP contribution in [0.1, 0.15) is 13.3 Å². The first-order chi connectivity index (χ1) is 9.40. The van der Waals surface area contributed by atoms with Crippen molar-refractivity contribution in [3.8, 4) is 0 Å². The van der Waals surface area contributed by atoms with E-state index in [1.807, 2.05) is 0 Å². The van der Waals surface area contributed by atoms with E-state index in [1.165, 1.54) is 6.92 Å². The highest BCUT2D eigenvalue weighted by Gasteiger charge is 2.31. The Hall–Kier alpha value is -1.84. The summed E-state index contributed by atoms with van der Waals surface area (Å²) in [5, 5.41) is 13.3. The van der Waals surface area contributed by atoms with Crippen molar-refractivity contribution in [2.24, 2.45) is 0 Å². The molecule has 1 aromatic carbocycles. The largest absolute Gasteiger partial charge is 0.391 e. The normalized spacial score (nSPS) is 13.8. The molecule has 1 aromatic rings. The molecule has 0 spiro atoms. The topological polar surface area (TPSA) is 89.3 Å². The van der Waals surface area contributed by atoms with E-state index in [4.69, 9.17) is 0 Å². The average Bonchev–Trinajstić information content (AvgIpc) is 2.24. The van der Waals surface area contributed by atoms with Crippen LogP contribution in [0.3, 0.4) is 0 Å². The predicted molar refractivity (Wildman–Crippen MR) is 70.0 cm³/mol. The molecule has 0 saturated heterocycles. The van der Waals surface area contributed by atoms with Gasteiger partial charge in [-0.05, 0) is 19.1 Å². The Balaban J connectivity index is 3.11. The summed E-state index contributed by atoms with van der Waals surface area (Å²) in [4.78, 5) is 9.79. The maximum Gasteiger partial charge on any atom is 0.391 e. The zero-order valence-electron chi connectivity index (χ0n) is 11.1. The third kappa shape index (κ3) is 5.21. The Morgan fingerprint density at radius 1 is 1.38 bits per heavy atom. The van der Waals surface area contributed by atoms with E-state index in [2.05, 4.69) is 5.32 Å². The van der Waals surface area contributed by atoms with Gasteiger partial charge in [-0.1, -0.05) is 0 Å². The maximum atomic E-state index is 12.2. The number of nitro benzene ring substituents is 1. The molecule has 6 nitrogen and oxygen atoms in total. The number of anilines is 1. The lowest BCUT2D eigenvalue weighted by atomic mass is 10.2. The monoisotopic (exact) mass is 326 g/mol. The van der Waals surface area contributed by atoms with Crippen molar-refractivity contribution >= 4 is 21.2 Å². The Labute approximate surface area is 119 Å². The fourth-order valence-electron chi connectivity index (χ4n) is 1.68. The fourth-order valence-corrected chi connectivity index (χ4v) is 2.32. The third-order valence-corrected chi connectivity index (χ3v) is 3.64. The molecule has 21 heavy (non-hydrogen) atoms. The summed E-state index contributed by atoms with van der Waals surface area (Å²) < 4.78 is 59.4. The van der Waals surface area contributed by atoms with E-state index in [1.54, 1.807) is 0 Å². The molecule has 0 aliphatic heterocycles. The number of rotatable bonds is 5. The molecule has 0 heterocycles. The van der Waals surface area contributed by atoms with Crippen LogP contribution in [0.2, 0.25) is 0 Å². The predicted octanol–water partition coefficient (Wildman–Crippen LogP) is 2.75. The van der Waals surface area contributed by atoms with Crippen LogP contribution in [-0.2, 0) is 9.84 Å². The lowest BCUT2D eigenvalue weighted by Gasteiger charge is -2.17. The van der Waals surface area contributed by atoms with Gasteiger partial charge in [0.1, 0.15) is 5.69 Å². The highest BCUT2D eigenvalue weighted by atomic mass is 32.2. The first kappa shape index (κ1) is 17.2. The number of hydrogen-bond acceptors (Lipinski definition) is 5. The van der Waals surface area contributed by atoms with Crippen molar-refractivity contribution in [3.05, 3.63) is 28.3 Å². The molecule has 0 amide bonds. The molecule has 1 atom stereocenters. The Kier molecular flexibility index (Phi) is 4.82. The van der Waals surface area contributed by atoms with Gasteiger partial charge >= 0.3 is 6.18 Å². The summed E-state index contributed by atoms with van der Waals surface area (Å²) in [6, 6.07) is 1.91. The second kappa shape index (κ2) is 5.88. The van der Waals surface area contributed by atoms with Gasteiger partial charge in [0.25, 0.3) is 5.69 Å². The van der Waals surface area contributed by atoms with Crippen molar-refractivity contribution < 1.29 is 26.5 Å². The number of nitrogens with one attached hydrogen (secondary N) is 1. The van der Waals surface area contributed by atoms with Crippen LogP contribution in [0.15, 0.2) is 23.1 Å². The summed E-state index contributed by atoms with van der Waals surface area (Å²) in [5.41, 5.74) is -0.754. The fraction of sp³-hybridized carbons (Fsp3) is 0.455. The minimum absolute atomic E-state index is 0.163. The summed E-state index contributed by atoms with van der Waals surface area (Å²) >= 11 is 0. The number of halogens is 3. The quantitative estimate of drug-likeness (QED) is 0.664. The smallest absolute Gasteiger partial charge is 0.377 e. The minimum Gasteiger partial charge on any atom is -0.377 e. The highest BCUT2D eigenvalue weighted by Crippen LogP contribution is 2.30. The van der Waals surface area contributed by atoms with Crippen LogP contribution in [-0.4, -0.2) is 31.8 Å². The number of hydrogen-bond donors (Lipinski definition) is 1. The maximum absolute atomic E-state index is 12.2. The van der Waals surface area contributed by atoms with Gasteiger partial charge in [0.15, 0.2) is 9.84 Å². The van der Waals surface area contributed by atoms with Crippen LogP contribution < -0.4 is 5.32 Å². The zero-order chi connectivity index (χ0) is 16.4. The SMILES string of the molecule is CC(CC(F)(F)F)Nc1ccc(S(C)(=O)=O)cc1[N+](=O)[O-]. The van der Waals surface area contributed by atoms with E-state index in [0.717, 1.165) is 24.5 Å². The highest BCUT2D eigenvalue weighted by molar-refractivity contribution is 7.90. The summed E-state index contributed by atoms with van der Waals surface area (Å²) in [7, 11) is -3.65. The lowest BCUT2D eigenvalue weighted by Crippen LogP contribution is -2.24. The third-order valence-electron chi connectivity index (χ3n) is 2.53. The average molecular weight is 326 g/mol. The number of nitrogens with zero attached hydrogens (tertiary/aromatic N) is 1. The first-order valence-corrected chi connectivity index (χ1v) is 7.61. The van der Waals surface area contributed by atoms with E-state index in [9.17, 15) is 31.7 Å². The van der Waals surface area contributed by atoms with Gasteiger partial charge in [0, 0.05) is 18.4 Å². The van der Waals surface area contributed by atoms with E-state index >= 15 is 0 Å². The van der Waals surface area contributed by atoms with Gasteiger partial charge in [-0.3, -0.25) is 10.1 Å². The van der Waals surface area contributed by atoms with Crippen LogP contribution in [0, 0.1) is 10.1 Å². The van der Waals surface area contributed by atoms with E-state index in [-0.39, 0.29) is 10.6 Å². The molecule has 0 radical (unpaired) electrons. The van der Waals surface area contributed by atoms with Crippen molar-refractivity contribution in [3.63, 3.8) is 0 Å². The molecule has 1 rings (SSSR count). The van der Waals surface area contributed by atoms with Crippen molar-refractivity contribution in [2.75, 3.05) is 11.6 Å². The molecule has 1 unspecified atom stereocenters. The summed E-state index contributed by atoms with van der Waals surface area (Å²) in [6.07, 6.45) is -4.70. The second-order valence-electron chi connectivity index (χ2n) is 4.57. The molecule has 10 heteroatoms. The molecular weight excluding hydrogens is 313 g/mol. The molecule has 1 N–H and O–H groups in total. The Morgan fingerprint density at radius 2 is 1.95 bits per heavy atom. The summed E-state index contributed by atoms with van der Waals surface area (Å²) in [6.45, 7) is 1.22. The van der Waals surface area contributed by atoms with Gasteiger partial charge in [0.05, 0.1) is 16.2 Å². The van der Waals surface area contributed by atoms with Gasteiger partial charge in [-0.2, -0.15) is 13.2 Å². The van der Waals surface area contributed by atoms with Crippen LogP contribution in [0.4, 0.5) is 24.5 Å². The number of alkyl halides is 3. The van der Waals surface area contributed by atoms with Crippen LogP contribution in [0.25, 0.3) is 0 Å². The standard InChI is InChI=1S/C11H13F3N2O4S/c1-7(6-11(12,13)14)15-9-4-3-8(21(2,19)20)5-10(9)16(17)18/h3-5,7,15H,6H2,1-2H3. The molecule has 0 bridgehead atoms.